The summed E-state index contributed by atoms with van der Waals surface area (Å²) >= 11 is 0. The quantitative estimate of drug-likeness (QED) is 0.670. The lowest BCUT2D eigenvalue weighted by molar-refractivity contribution is -0.139. The lowest BCUT2D eigenvalue weighted by atomic mass is 9.87. The van der Waals surface area contributed by atoms with Crippen molar-refractivity contribution in [3.8, 4) is 5.75 Å². The maximum absolute atomic E-state index is 12.3. The molecule has 2 rings (SSSR count). The summed E-state index contributed by atoms with van der Waals surface area (Å²) in [6, 6.07) is 13.9. The molecule has 0 fully saturated rings. The Morgan fingerprint density at radius 2 is 1.66 bits per heavy atom. The second-order valence-electron chi connectivity index (χ2n) is 7.91. The first-order chi connectivity index (χ1) is 13.7. The minimum absolute atomic E-state index is 0.0954. The molecule has 1 unspecified atom stereocenters. The van der Waals surface area contributed by atoms with Gasteiger partial charge in [-0.15, -0.1) is 0 Å². The number of ether oxygens (including phenoxy) is 2. The van der Waals surface area contributed by atoms with Crippen molar-refractivity contribution < 1.29 is 24.2 Å². The summed E-state index contributed by atoms with van der Waals surface area (Å²) < 4.78 is 10.7. The summed E-state index contributed by atoms with van der Waals surface area (Å²) in [5, 5.41) is 11.7. The number of benzene rings is 2. The van der Waals surface area contributed by atoms with Gasteiger partial charge in [0.25, 0.3) is 5.91 Å². The summed E-state index contributed by atoms with van der Waals surface area (Å²) in [5.41, 5.74) is 2.64. The lowest BCUT2D eigenvalue weighted by Gasteiger charge is -2.19. The first kappa shape index (κ1) is 22.4. The third-order valence-electron chi connectivity index (χ3n) is 4.56. The van der Waals surface area contributed by atoms with Crippen LogP contribution in [-0.2, 0) is 21.6 Å². The van der Waals surface area contributed by atoms with Gasteiger partial charge >= 0.3 is 5.97 Å². The number of amides is 1. The van der Waals surface area contributed by atoms with Gasteiger partial charge in [0.1, 0.15) is 18.4 Å². The van der Waals surface area contributed by atoms with Crippen molar-refractivity contribution in [2.75, 3.05) is 13.7 Å². The normalized spacial score (nSPS) is 12.3. The number of nitrogens with one attached hydrogen (secondary N) is 1. The van der Waals surface area contributed by atoms with E-state index in [0.29, 0.717) is 12.2 Å². The Hall–Kier alpha value is -2.86. The molecule has 6 nitrogen and oxygen atoms in total. The minimum atomic E-state index is -1.09. The number of carbonyl (C=O) groups is 2. The maximum atomic E-state index is 12.3. The molecule has 0 aliphatic carbocycles. The van der Waals surface area contributed by atoms with Crippen molar-refractivity contribution in [1.29, 1.82) is 0 Å². The minimum Gasteiger partial charge on any atom is -0.489 e. The SMILES string of the molecule is COCCC(NC(=O)c1ccc(COc2ccc(C(C)(C)C)cc2)cc1)C(=O)O. The second kappa shape index (κ2) is 10.1. The highest BCUT2D eigenvalue weighted by atomic mass is 16.5. The Kier molecular flexibility index (Phi) is 7.79. The van der Waals surface area contributed by atoms with E-state index in [1.807, 2.05) is 12.1 Å². The van der Waals surface area contributed by atoms with E-state index >= 15 is 0 Å². The van der Waals surface area contributed by atoms with Gasteiger partial charge in [0.05, 0.1) is 0 Å². The van der Waals surface area contributed by atoms with Crippen LogP contribution in [0.5, 0.6) is 5.75 Å². The number of hydrogen-bond donors (Lipinski definition) is 2. The molecule has 2 aromatic carbocycles. The molecular formula is C23H29NO5. The molecule has 0 saturated carbocycles. The number of carbonyl (C=O) groups excluding carboxylic acids is 1. The van der Waals surface area contributed by atoms with Gasteiger partial charge in [0.2, 0.25) is 0 Å². The third kappa shape index (κ3) is 6.91. The van der Waals surface area contributed by atoms with E-state index < -0.39 is 17.9 Å². The highest BCUT2D eigenvalue weighted by Crippen LogP contribution is 2.24. The molecule has 0 radical (unpaired) electrons. The van der Waals surface area contributed by atoms with Crippen LogP contribution in [-0.4, -0.2) is 36.7 Å². The van der Waals surface area contributed by atoms with E-state index in [9.17, 15) is 14.7 Å². The zero-order valence-corrected chi connectivity index (χ0v) is 17.4. The van der Waals surface area contributed by atoms with Crippen molar-refractivity contribution in [1.82, 2.24) is 5.32 Å². The number of methoxy groups -OCH3 is 1. The molecule has 156 valence electrons. The monoisotopic (exact) mass is 399 g/mol. The largest absolute Gasteiger partial charge is 0.489 e. The first-order valence-electron chi connectivity index (χ1n) is 9.55. The topological polar surface area (TPSA) is 84.9 Å². The zero-order valence-electron chi connectivity index (χ0n) is 17.4. The number of rotatable bonds is 9. The summed E-state index contributed by atoms with van der Waals surface area (Å²) in [5.74, 6) is -0.737. The Labute approximate surface area is 171 Å². The summed E-state index contributed by atoms with van der Waals surface area (Å²) in [6.07, 6.45) is 0.206. The predicted molar refractivity (Wildman–Crippen MR) is 111 cm³/mol. The van der Waals surface area contributed by atoms with Crippen LogP contribution < -0.4 is 10.1 Å². The summed E-state index contributed by atoms with van der Waals surface area (Å²) in [7, 11) is 1.49. The lowest BCUT2D eigenvalue weighted by Crippen LogP contribution is -2.41. The van der Waals surface area contributed by atoms with E-state index in [1.165, 1.54) is 12.7 Å². The number of carboxylic acid groups (broad SMARTS) is 1. The Balaban J connectivity index is 1.92. The highest BCUT2D eigenvalue weighted by molar-refractivity contribution is 5.96. The Morgan fingerprint density at radius 3 is 2.17 bits per heavy atom. The van der Waals surface area contributed by atoms with Gasteiger partial charge in [-0.2, -0.15) is 0 Å². The molecule has 0 aromatic heterocycles. The van der Waals surface area contributed by atoms with Crippen molar-refractivity contribution in [2.45, 2.75) is 45.3 Å². The number of carboxylic acids is 1. The molecule has 2 N–H and O–H groups in total. The molecule has 0 bridgehead atoms. The molecule has 0 spiro atoms. The molecule has 2 aromatic rings. The fourth-order valence-corrected chi connectivity index (χ4v) is 2.70. The van der Waals surface area contributed by atoms with Gasteiger partial charge in [-0.3, -0.25) is 4.79 Å². The van der Waals surface area contributed by atoms with Gasteiger partial charge < -0.3 is 19.9 Å². The molecule has 0 heterocycles. The number of aliphatic carboxylic acids is 1. The molecule has 1 atom stereocenters. The van der Waals surface area contributed by atoms with Gasteiger partial charge in [-0.1, -0.05) is 45.0 Å². The Morgan fingerprint density at radius 1 is 1.03 bits per heavy atom. The van der Waals surface area contributed by atoms with Crippen molar-refractivity contribution in [3.05, 3.63) is 65.2 Å². The van der Waals surface area contributed by atoms with Crippen molar-refractivity contribution >= 4 is 11.9 Å². The zero-order chi connectivity index (χ0) is 21.4. The van der Waals surface area contributed by atoms with Crippen LogP contribution in [0.1, 0.15) is 48.7 Å². The summed E-state index contributed by atoms with van der Waals surface area (Å²) in [4.78, 5) is 23.5. The van der Waals surface area contributed by atoms with Crippen LogP contribution in [0.2, 0.25) is 0 Å². The van der Waals surface area contributed by atoms with Gasteiger partial charge in [-0.05, 0) is 40.8 Å². The fourth-order valence-electron chi connectivity index (χ4n) is 2.70. The molecule has 0 aliphatic heterocycles. The molecule has 0 aliphatic rings. The van der Waals surface area contributed by atoms with E-state index in [4.69, 9.17) is 9.47 Å². The average Bonchev–Trinajstić information content (AvgIpc) is 2.69. The standard InChI is InChI=1S/C23H29NO5/c1-23(2,3)18-9-11-19(12-10-18)29-15-16-5-7-17(8-6-16)21(25)24-20(22(26)27)13-14-28-4/h5-12,20H,13-15H2,1-4H3,(H,24,25)(H,26,27). The van der Waals surface area contributed by atoms with Crippen LogP contribution in [0.15, 0.2) is 48.5 Å². The third-order valence-corrected chi connectivity index (χ3v) is 4.56. The molecule has 29 heavy (non-hydrogen) atoms. The van der Waals surface area contributed by atoms with Crippen LogP contribution in [0.3, 0.4) is 0 Å². The molecule has 1 amide bonds. The van der Waals surface area contributed by atoms with Gasteiger partial charge in [-0.25, -0.2) is 4.79 Å². The smallest absolute Gasteiger partial charge is 0.326 e. The van der Waals surface area contributed by atoms with Crippen LogP contribution in [0.4, 0.5) is 0 Å². The van der Waals surface area contributed by atoms with Crippen LogP contribution in [0, 0.1) is 0 Å². The molecular weight excluding hydrogens is 370 g/mol. The Bertz CT molecular complexity index is 807. The average molecular weight is 399 g/mol. The van der Waals surface area contributed by atoms with Gasteiger partial charge in [0, 0.05) is 25.7 Å². The van der Waals surface area contributed by atoms with Gasteiger partial charge in [0.15, 0.2) is 0 Å². The second-order valence-corrected chi connectivity index (χ2v) is 7.91. The van der Waals surface area contributed by atoms with Crippen LogP contribution in [0.25, 0.3) is 0 Å². The molecule has 0 saturated heterocycles. The number of hydrogen-bond acceptors (Lipinski definition) is 4. The van der Waals surface area contributed by atoms with E-state index in [0.717, 1.165) is 11.3 Å². The van der Waals surface area contributed by atoms with Crippen molar-refractivity contribution in [3.63, 3.8) is 0 Å². The highest BCUT2D eigenvalue weighted by Gasteiger charge is 2.20. The van der Waals surface area contributed by atoms with E-state index in [1.54, 1.807) is 24.3 Å². The maximum Gasteiger partial charge on any atom is 0.326 e. The van der Waals surface area contributed by atoms with E-state index in [-0.39, 0.29) is 18.4 Å². The van der Waals surface area contributed by atoms with E-state index in [2.05, 4.69) is 38.2 Å². The van der Waals surface area contributed by atoms with Crippen LogP contribution >= 0.6 is 0 Å². The predicted octanol–water partition coefficient (Wildman–Crippen LogP) is 3.78. The summed E-state index contributed by atoms with van der Waals surface area (Å²) in [6.45, 7) is 7.12. The van der Waals surface area contributed by atoms with Crippen molar-refractivity contribution in [2.24, 2.45) is 0 Å². The fraction of sp³-hybridized carbons (Fsp3) is 0.391. The first-order valence-corrected chi connectivity index (χ1v) is 9.55. The molecule has 6 heteroatoms.